The fourth-order valence-corrected chi connectivity index (χ4v) is 8.34. The summed E-state index contributed by atoms with van der Waals surface area (Å²) in [6, 6.07) is 9.53. The first-order chi connectivity index (χ1) is 12.7. The van der Waals surface area contributed by atoms with Gasteiger partial charge in [0.25, 0.3) is 0 Å². The van der Waals surface area contributed by atoms with Gasteiger partial charge in [0.1, 0.15) is 0 Å². The van der Waals surface area contributed by atoms with E-state index in [4.69, 9.17) is 0 Å². The normalized spacial score (nSPS) is 19.3. The minimum atomic E-state index is -0.341. The number of hydrogen-bond donors (Lipinski definition) is 0. The van der Waals surface area contributed by atoms with Crippen LogP contribution in [0.25, 0.3) is 0 Å². The van der Waals surface area contributed by atoms with Crippen molar-refractivity contribution >= 4 is 18.5 Å². The molecule has 1 atom stereocenters. The Balaban J connectivity index is 2.09. The van der Waals surface area contributed by atoms with Gasteiger partial charge >= 0.3 is 0 Å². The summed E-state index contributed by atoms with van der Waals surface area (Å²) in [6.07, 6.45) is 9.99. The number of aryl methyl sites for hydroxylation is 6. The Bertz CT molecular complexity index is 770. The molecule has 0 N–H and O–H groups in total. The highest BCUT2D eigenvalue weighted by atomic mass is 31.1. The molecular formula is C26H35P. The zero-order chi connectivity index (χ0) is 19.8. The third-order valence-electron chi connectivity index (χ3n) is 6.12. The molecule has 0 aromatic heterocycles. The van der Waals surface area contributed by atoms with E-state index in [0.717, 1.165) is 0 Å². The van der Waals surface area contributed by atoms with Crippen LogP contribution in [0.4, 0.5) is 0 Å². The van der Waals surface area contributed by atoms with Gasteiger partial charge < -0.3 is 0 Å². The van der Waals surface area contributed by atoms with Gasteiger partial charge in [-0.3, -0.25) is 0 Å². The summed E-state index contributed by atoms with van der Waals surface area (Å²) in [7, 11) is -0.341. The van der Waals surface area contributed by atoms with Crippen molar-refractivity contribution in [1.82, 2.24) is 0 Å². The van der Waals surface area contributed by atoms with Crippen molar-refractivity contribution in [1.29, 1.82) is 0 Å². The molecule has 0 bridgehead atoms. The zero-order valence-corrected chi connectivity index (χ0v) is 19.1. The van der Waals surface area contributed by atoms with E-state index in [9.17, 15) is 0 Å². The molecule has 2 aromatic carbocycles. The third kappa shape index (κ3) is 4.38. The highest BCUT2D eigenvalue weighted by molar-refractivity contribution is 7.73. The lowest BCUT2D eigenvalue weighted by molar-refractivity contribution is 0.407. The fourth-order valence-electron chi connectivity index (χ4n) is 4.97. The van der Waals surface area contributed by atoms with Crippen LogP contribution >= 0.6 is 7.92 Å². The maximum absolute atomic E-state index is 2.48. The Morgan fingerprint density at radius 2 is 1.22 bits per heavy atom. The van der Waals surface area contributed by atoms with Crippen molar-refractivity contribution in [3.05, 3.63) is 69.8 Å². The monoisotopic (exact) mass is 378 g/mol. The van der Waals surface area contributed by atoms with Crippen molar-refractivity contribution in [2.45, 2.75) is 67.7 Å². The van der Waals surface area contributed by atoms with Gasteiger partial charge in [0.2, 0.25) is 0 Å². The topological polar surface area (TPSA) is 0 Å². The predicted octanol–water partition coefficient (Wildman–Crippen LogP) is 6.72. The second-order valence-electron chi connectivity index (χ2n) is 8.99. The maximum atomic E-state index is 2.48. The molecule has 1 unspecified atom stereocenters. The van der Waals surface area contributed by atoms with Crippen LogP contribution in [0.1, 0.15) is 59.6 Å². The standard InChI is InChI=1S/C26H35P/c1-18-14-20(3)24(21(4)15-18)27(13-12-26(7)10-8-9-11-26)25-22(5)16-19(2)17-23(25)6/h8,10,14-17H,9,11-13H2,1-7H3. The minimum absolute atomic E-state index is 0.341. The van der Waals surface area contributed by atoms with Crippen LogP contribution in [0.3, 0.4) is 0 Å². The maximum Gasteiger partial charge on any atom is -0.0137 e. The Kier molecular flexibility index (Phi) is 5.97. The van der Waals surface area contributed by atoms with Crippen molar-refractivity contribution in [3.8, 4) is 0 Å². The summed E-state index contributed by atoms with van der Waals surface area (Å²) in [5, 5.41) is 3.24. The summed E-state index contributed by atoms with van der Waals surface area (Å²) in [5.74, 6) is 0. The van der Waals surface area contributed by atoms with Gasteiger partial charge in [0.05, 0.1) is 0 Å². The van der Waals surface area contributed by atoms with Crippen LogP contribution in [0, 0.1) is 47.0 Å². The molecule has 0 amide bonds. The molecular weight excluding hydrogens is 343 g/mol. The first-order valence-electron chi connectivity index (χ1n) is 10.3. The molecule has 27 heavy (non-hydrogen) atoms. The molecule has 0 heterocycles. The number of allylic oxidation sites excluding steroid dienone is 2. The number of benzene rings is 2. The summed E-state index contributed by atoms with van der Waals surface area (Å²) in [4.78, 5) is 0. The number of rotatable bonds is 5. The average Bonchev–Trinajstić information content (AvgIpc) is 2.97. The second kappa shape index (κ2) is 7.92. The van der Waals surface area contributed by atoms with E-state index in [1.54, 1.807) is 10.6 Å². The molecule has 0 fully saturated rings. The summed E-state index contributed by atoms with van der Waals surface area (Å²) in [6.45, 7) is 16.2. The van der Waals surface area contributed by atoms with Crippen LogP contribution in [0.2, 0.25) is 0 Å². The lowest BCUT2D eigenvalue weighted by Crippen LogP contribution is -2.25. The average molecular weight is 379 g/mol. The second-order valence-corrected chi connectivity index (χ2v) is 11.2. The lowest BCUT2D eigenvalue weighted by atomic mass is 9.87. The highest BCUT2D eigenvalue weighted by Gasteiger charge is 2.28. The molecule has 3 rings (SSSR count). The quantitative estimate of drug-likeness (QED) is 0.400. The number of hydrogen-bond acceptors (Lipinski definition) is 0. The zero-order valence-electron chi connectivity index (χ0n) is 18.2. The Morgan fingerprint density at radius 3 is 1.59 bits per heavy atom. The van der Waals surface area contributed by atoms with E-state index < -0.39 is 0 Å². The summed E-state index contributed by atoms with van der Waals surface area (Å²) in [5.41, 5.74) is 9.06. The lowest BCUT2D eigenvalue weighted by Gasteiger charge is -2.30. The molecule has 1 heteroatoms. The fraction of sp³-hybridized carbons (Fsp3) is 0.462. The smallest absolute Gasteiger partial charge is 0.0137 e. The van der Waals surface area contributed by atoms with Crippen LogP contribution in [0.15, 0.2) is 36.4 Å². The highest BCUT2D eigenvalue weighted by Crippen LogP contribution is 2.44. The largest absolute Gasteiger partial charge is 0.0880 e. The van der Waals surface area contributed by atoms with Crippen molar-refractivity contribution in [3.63, 3.8) is 0 Å². The SMILES string of the molecule is Cc1cc(C)c(P(CCC2(C)C=CCC2)c2c(C)cc(C)cc2C)c(C)c1. The molecule has 0 saturated carbocycles. The first-order valence-corrected chi connectivity index (χ1v) is 11.8. The summed E-state index contributed by atoms with van der Waals surface area (Å²) >= 11 is 0. The molecule has 0 spiro atoms. The molecule has 0 saturated heterocycles. The Morgan fingerprint density at radius 1 is 0.778 bits per heavy atom. The van der Waals surface area contributed by atoms with E-state index in [2.05, 4.69) is 84.9 Å². The van der Waals surface area contributed by atoms with Gasteiger partial charge in [0.15, 0.2) is 0 Å². The van der Waals surface area contributed by atoms with E-state index >= 15 is 0 Å². The van der Waals surface area contributed by atoms with Gasteiger partial charge in [-0.15, -0.1) is 0 Å². The van der Waals surface area contributed by atoms with Crippen LogP contribution < -0.4 is 10.6 Å². The van der Waals surface area contributed by atoms with Gasteiger partial charge in [-0.2, -0.15) is 0 Å². The van der Waals surface area contributed by atoms with Gasteiger partial charge in [-0.1, -0.05) is 54.5 Å². The Labute approximate surface area is 167 Å². The van der Waals surface area contributed by atoms with Gasteiger partial charge in [-0.05, 0) is 113 Å². The van der Waals surface area contributed by atoms with E-state index in [1.165, 1.54) is 58.8 Å². The molecule has 144 valence electrons. The summed E-state index contributed by atoms with van der Waals surface area (Å²) < 4.78 is 0. The van der Waals surface area contributed by atoms with Crippen molar-refractivity contribution in [2.75, 3.05) is 6.16 Å². The van der Waals surface area contributed by atoms with Crippen molar-refractivity contribution in [2.24, 2.45) is 5.41 Å². The van der Waals surface area contributed by atoms with Crippen LogP contribution in [0.5, 0.6) is 0 Å². The molecule has 2 aromatic rings. The third-order valence-corrected chi connectivity index (χ3v) is 9.28. The Hall–Kier alpha value is -1.39. The molecule has 1 aliphatic rings. The predicted molar refractivity (Wildman–Crippen MR) is 123 cm³/mol. The van der Waals surface area contributed by atoms with E-state index in [-0.39, 0.29) is 7.92 Å². The van der Waals surface area contributed by atoms with Crippen molar-refractivity contribution < 1.29 is 0 Å². The molecule has 0 aliphatic heterocycles. The molecule has 1 aliphatic carbocycles. The molecule has 0 nitrogen and oxygen atoms in total. The van der Waals surface area contributed by atoms with Crippen LogP contribution in [-0.2, 0) is 0 Å². The van der Waals surface area contributed by atoms with E-state index in [0.29, 0.717) is 5.41 Å². The minimum Gasteiger partial charge on any atom is -0.0880 e. The van der Waals surface area contributed by atoms with E-state index in [1.807, 2.05) is 0 Å². The van der Waals surface area contributed by atoms with Crippen LogP contribution in [-0.4, -0.2) is 6.16 Å². The van der Waals surface area contributed by atoms with Gasteiger partial charge in [-0.25, -0.2) is 0 Å². The van der Waals surface area contributed by atoms with Gasteiger partial charge in [0, 0.05) is 0 Å². The first kappa shape index (κ1) is 20.3. The molecule has 0 radical (unpaired) electrons.